The molecule has 1 aromatic heterocycles. The van der Waals surface area contributed by atoms with Crippen LogP contribution in [0.4, 0.5) is 0 Å². The van der Waals surface area contributed by atoms with Gasteiger partial charge in [-0.2, -0.15) is 8.75 Å². The van der Waals surface area contributed by atoms with Gasteiger partial charge in [0, 0.05) is 13.1 Å². The van der Waals surface area contributed by atoms with E-state index in [1.165, 1.54) is 17.3 Å². The molecule has 1 aliphatic heterocycles. The van der Waals surface area contributed by atoms with E-state index in [4.69, 9.17) is 5.11 Å². The average molecular weight is 277 g/mol. The van der Waals surface area contributed by atoms with Crippen molar-refractivity contribution in [1.82, 2.24) is 13.6 Å². The molecule has 0 amide bonds. The molecule has 1 aliphatic rings. The third-order valence-electron chi connectivity index (χ3n) is 3.58. The van der Waals surface area contributed by atoms with Gasteiger partial charge in [0.15, 0.2) is 0 Å². The van der Waals surface area contributed by atoms with Crippen LogP contribution in [0.1, 0.15) is 18.4 Å². The first-order valence-electron chi connectivity index (χ1n) is 6.39. The summed E-state index contributed by atoms with van der Waals surface area (Å²) in [6, 6.07) is 6.07. The number of nitrogens with zero attached hydrogens (tertiary/aromatic N) is 3. The van der Waals surface area contributed by atoms with Crippen molar-refractivity contribution in [3.8, 4) is 0 Å². The lowest BCUT2D eigenvalue weighted by Gasteiger charge is -2.30. The highest BCUT2D eigenvalue weighted by atomic mass is 32.1. The number of carboxylic acid groups (broad SMARTS) is 1. The van der Waals surface area contributed by atoms with Crippen LogP contribution in [0.3, 0.4) is 0 Å². The summed E-state index contributed by atoms with van der Waals surface area (Å²) in [5.74, 6) is -0.901. The second-order valence-electron chi connectivity index (χ2n) is 5.00. The van der Waals surface area contributed by atoms with Gasteiger partial charge in [0.05, 0.1) is 17.6 Å². The number of fused-ring (bicyclic) bond motifs is 1. The van der Waals surface area contributed by atoms with E-state index in [1.54, 1.807) is 0 Å². The average Bonchev–Trinajstić information content (AvgIpc) is 2.86. The van der Waals surface area contributed by atoms with Gasteiger partial charge in [-0.15, -0.1) is 0 Å². The number of likely N-dealkylation sites (tertiary alicyclic amines) is 1. The lowest BCUT2D eigenvalue weighted by Crippen LogP contribution is -2.38. The van der Waals surface area contributed by atoms with Gasteiger partial charge >= 0.3 is 5.97 Å². The molecule has 3 rings (SSSR count). The summed E-state index contributed by atoms with van der Waals surface area (Å²) >= 11 is 1.22. The smallest absolute Gasteiger partial charge is 0.307 e. The van der Waals surface area contributed by atoms with Gasteiger partial charge in [-0.05, 0) is 37.1 Å². The third kappa shape index (κ3) is 2.74. The molecule has 1 fully saturated rings. The minimum Gasteiger partial charge on any atom is -0.481 e. The highest BCUT2D eigenvalue weighted by molar-refractivity contribution is 7.00. The molecule has 5 nitrogen and oxygen atoms in total. The second-order valence-corrected chi connectivity index (χ2v) is 5.53. The molecular formula is C13H15N3O2S. The Morgan fingerprint density at radius 3 is 3.11 bits per heavy atom. The van der Waals surface area contributed by atoms with Crippen LogP contribution in [0.2, 0.25) is 0 Å². The van der Waals surface area contributed by atoms with Gasteiger partial charge in [-0.3, -0.25) is 9.69 Å². The zero-order valence-corrected chi connectivity index (χ0v) is 11.3. The van der Waals surface area contributed by atoms with Crippen LogP contribution < -0.4 is 0 Å². The number of hydrogen-bond acceptors (Lipinski definition) is 5. The molecule has 6 heteroatoms. The van der Waals surface area contributed by atoms with Gasteiger partial charge in [0.1, 0.15) is 11.0 Å². The van der Waals surface area contributed by atoms with Gasteiger partial charge in [-0.1, -0.05) is 6.07 Å². The zero-order chi connectivity index (χ0) is 13.2. The third-order valence-corrected chi connectivity index (χ3v) is 4.14. The Bertz CT molecular complexity index is 598. The number of carboxylic acids is 1. The number of piperidine rings is 1. The Balaban J connectivity index is 1.71. The van der Waals surface area contributed by atoms with Crippen molar-refractivity contribution >= 4 is 28.7 Å². The van der Waals surface area contributed by atoms with Crippen molar-refractivity contribution in [2.75, 3.05) is 13.1 Å². The zero-order valence-electron chi connectivity index (χ0n) is 10.5. The topological polar surface area (TPSA) is 66.3 Å². The monoisotopic (exact) mass is 277 g/mol. The Labute approximate surface area is 115 Å². The summed E-state index contributed by atoms with van der Waals surface area (Å²) in [4.78, 5) is 13.3. The van der Waals surface area contributed by atoms with E-state index in [2.05, 4.69) is 13.6 Å². The molecule has 1 N–H and O–H groups in total. The molecule has 0 aliphatic carbocycles. The molecule has 1 saturated heterocycles. The summed E-state index contributed by atoms with van der Waals surface area (Å²) in [7, 11) is 0. The lowest BCUT2D eigenvalue weighted by molar-refractivity contribution is -0.143. The molecule has 1 atom stereocenters. The Hall–Kier alpha value is -1.53. The molecule has 100 valence electrons. The minimum absolute atomic E-state index is 0.224. The molecule has 0 spiro atoms. The molecule has 0 radical (unpaired) electrons. The SMILES string of the molecule is O=C(O)C1CCCN(Cc2ccc3nsnc3c2)C1. The fourth-order valence-electron chi connectivity index (χ4n) is 2.58. The molecule has 0 saturated carbocycles. The largest absolute Gasteiger partial charge is 0.481 e. The maximum atomic E-state index is 11.0. The molecule has 1 aromatic carbocycles. The van der Waals surface area contributed by atoms with Crippen LogP contribution in [0.5, 0.6) is 0 Å². The van der Waals surface area contributed by atoms with Crippen LogP contribution in [0.15, 0.2) is 18.2 Å². The fraction of sp³-hybridized carbons (Fsp3) is 0.462. The van der Waals surface area contributed by atoms with Crippen molar-refractivity contribution < 1.29 is 9.90 Å². The van der Waals surface area contributed by atoms with Crippen LogP contribution >= 0.6 is 11.7 Å². The van der Waals surface area contributed by atoms with Crippen molar-refractivity contribution in [3.63, 3.8) is 0 Å². The fourth-order valence-corrected chi connectivity index (χ4v) is 3.10. The summed E-state index contributed by atoms with van der Waals surface area (Å²) in [6.45, 7) is 2.40. The number of benzene rings is 1. The predicted octanol–water partition coefficient (Wildman–Crippen LogP) is 1.99. The van der Waals surface area contributed by atoms with Gasteiger partial charge in [0.25, 0.3) is 0 Å². The van der Waals surface area contributed by atoms with Gasteiger partial charge in [-0.25, -0.2) is 0 Å². The van der Waals surface area contributed by atoms with E-state index >= 15 is 0 Å². The molecule has 0 bridgehead atoms. The van der Waals surface area contributed by atoms with E-state index in [9.17, 15) is 4.79 Å². The van der Waals surface area contributed by atoms with Crippen LogP contribution in [0, 0.1) is 5.92 Å². The quantitative estimate of drug-likeness (QED) is 0.929. The maximum absolute atomic E-state index is 11.0. The van der Waals surface area contributed by atoms with Crippen LogP contribution in [0.25, 0.3) is 11.0 Å². The van der Waals surface area contributed by atoms with Crippen LogP contribution in [-0.2, 0) is 11.3 Å². The minimum atomic E-state index is -0.677. The molecule has 19 heavy (non-hydrogen) atoms. The summed E-state index contributed by atoms with van der Waals surface area (Å²) in [5.41, 5.74) is 3.02. The Kier molecular flexibility index (Phi) is 3.44. The Morgan fingerprint density at radius 1 is 1.42 bits per heavy atom. The molecule has 2 heterocycles. The van der Waals surface area contributed by atoms with Crippen molar-refractivity contribution in [2.24, 2.45) is 5.92 Å². The summed E-state index contributed by atoms with van der Waals surface area (Å²) < 4.78 is 8.41. The highest BCUT2D eigenvalue weighted by Gasteiger charge is 2.25. The number of aliphatic carboxylic acids is 1. The first-order chi connectivity index (χ1) is 9.22. The van der Waals surface area contributed by atoms with Crippen molar-refractivity contribution in [1.29, 1.82) is 0 Å². The van der Waals surface area contributed by atoms with Crippen molar-refractivity contribution in [3.05, 3.63) is 23.8 Å². The van der Waals surface area contributed by atoms with E-state index in [0.717, 1.165) is 37.0 Å². The van der Waals surface area contributed by atoms with Gasteiger partial charge < -0.3 is 5.11 Å². The summed E-state index contributed by atoms with van der Waals surface area (Å²) in [6.07, 6.45) is 1.75. The first kappa shape index (κ1) is 12.5. The predicted molar refractivity (Wildman–Crippen MR) is 73.1 cm³/mol. The standard InChI is InChI=1S/C13H15N3O2S/c17-13(18)10-2-1-5-16(8-10)7-9-3-4-11-12(6-9)15-19-14-11/h3-4,6,10H,1-2,5,7-8H2,(H,17,18). The molecular weight excluding hydrogens is 262 g/mol. The number of aromatic nitrogens is 2. The normalized spacial score (nSPS) is 20.7. The lowest BCUT2D eigenvalue weighted by atomic mass is 9.98. The van der Waals surface area contributed by atoms with E-state index in [0.29, 0.717) is 6.54 Å². The van der Waals surface area contributed by atoms with Crippen molar-refractivity contribution in [2.45, 2.75) is 19.4 Å². The number of hydrogen-bond donors (Lipinski definition) is 1. The van der Waals surface area contributed by atoms with E-state index in [-0.39, 0.29) is 5.92 Å². The second kappa shape index (κ2) is 5.22. The number of rotatable bonds is 3. The Morgan fingerprint density at radius 2 is 2.26 bits per heavy atom. The van der Waals surface area contributed by atoms with E-state index < -0.39 is 5.97 Å². The number of carbonyl (C=O) groups is 1. The molecule has 1 unspecified atom stereocenters. The van der Waals surface area contributed by atoms with Gasteiger partial charge in [0.2, 0.25) is 0 Å². The van der Waals surface area contributed by atoms with E-state index in [1.807, 2.05) is 18.2 Å². The summed E-state index contributed by atoms with van der Waals surface area (Å²) in [5, 5.41) is 9.09. The highest BCUT2D eigenvalue weighted by Crippen LogP contribution is 2.20. The van der Waals surface area contributed by atoms with Crippen LogP contribution in [-0.4, -0.2) is 37.8 Å². The maximum Gasteiger partial charge on any atom is 0.307 e. The first-order valence-corrected chi connectivity index (χ1v) is 7.12. The molecule has 2 aromatic rings.